The third kappa shape index (κ3) is 2.72. The molecule has 0 unspecified atom stereocenters. The van der Waals surface area contributed by atoms with Gasteiger partial charge in [0.05, 0.1) is 22.9 Å². The molecule has 0 aliphatic carbocycles. The fourth-order valence-corrected chi connectivity index (χ4v) is 2.10. The lowest BCUT2D eigenvalue weighted by molar-refractivity contribution is 0.102. The summed E-state index contributed by atoms with van der Waals surface area (Å²) in [6.45, 7) is 1.51. The first-order valence-corrected chi connectivity index (χ1v) is 6.51. The average molecular weight is 314 g/mol. The Morgan fingerprint density at radius 2 is 2.19 bits per heavy atom. The number of hydrogen-bond donors (Lipinski definition) is 2. The number of halogens is 3. The number of carbonyl (C=O) groups is 1. The third-order valence-electron chi connectivity index (χ3n) is 3.12. The van der Waals surface area contributed by atoms with Crippen LogP contribution >= 0.6 is 11.6 Å². The summed E-state index contributed by atoms with van der Waals surface area (Å²) < 4.78 is 28.1. The number of anilines is 1. The molecule has 1 aliphatic heterocycles. The SMILES string of the molecule is O=C(Nc1c(F)cc(F)cc1Cl)c1cn(C2CNC2)nn1. The van der Waals surface area contributed by atoms with Crippen LogP contribution < -0.4 is 10.6 Å². The third-order valence-corrected chi connectivity index (χ3v) is 3.42. The van der Waals surface area contributed by atoms with Gasteiger partial charge in [0, 0.05) is 19.2 Å². The average Bonchev–Trinajstić information content (AvgIpc) is 2.80. The van der Waals surface area contributed by atoms with Gasteiger partial charge in [0.2, 0.25) is 0 Å². The molecule has 0 atom stereocenters. The van der Waals surface area contributed by atoms with Crippen LogP contribution in [0, 0.1) is 11.6 Å². The van der Waals surface area contributed by atoms with Crippen LogP contribution in [0.1, 0.15) is 16.5 Å². The Balaban J connectivity index is 1.78. The molecule has 3 rings (SSSR count). The van der Waals surface area contributed by atoms with Crippen LogP contribution in [0.4, 0.5) is 14.5 Å². The van der Waals surface area contributed by atoms with Crippen molar-refractivity contribution in [3.05, 3.63) is 40.7 Å². The molecular formula is C12H10ClF2N5O. The first-order chi connectivity index (χ1) is 10.0. The van der Waals surface area contributed by atoms with Crippen molar-refractivity contribution in [2.45, 2.75) is 6.04 Å². The number of hydrogen-bond acceptors (Lipinski definition) is 4. The van der Waals surface area contributed by atoms with Crippen LogP contribution in [0.2, 0.25) is 5.02 Å². The minimum atomic E-state index is -0.955. The maximum absolute atomic E-state index is 13.6. The molecular weight excluding hydrogens is 304 g/mol. The Bertz CT molecular complexity index is 678. The number of carbonyl (C=O) groups excluding carboxylic acids is 1. The van der Waals surface area contributed by atoms with Gasteiger partial charge >= 0.3 is 0 Å². The molecule has 0 bridgehead atoms. The van der Waals surface area contributed by atoms with E-state index in [0.29, 0.717) is 6.07 Å². The van der Waals surface area contributed by atoms with Gasteiger partial charge in [-0.2, -0.15) is 0 Å². The van der Waals surface area contributed by atoms with Crippen LogP contribution in [0.5, 0.6) is 0 Å². The molecule has 6 nitrogen and oxygen atoms in total. The Morgan fingerprint density at radius 3 is 2.81 bits per heavy atom. The molecule has 0 saturated carbocycles. The van der Waals surface area contributed by atoms with E-state index in [-0.39, 0.29) is 22.4 Å². The van der Waals surface area contributed by atoms with Crippen molar-refractivity contribution < 1.29 is 13.6 Å². The molecule has 2 N–H and O–H groups in total. The van der Waals surface area contributed by atoms with Gasteiger partial charge in [-0.1, -0.05) is 16.8 Å². The first kappa shape index (κ1) is 13.9. The van der Waals surface area contributed by atoms with E-state index in [4.69, 9.17) is 11.6 Å². The molecule has 110 valence electrons. The highest BCUT2D eigenvalue weighted by atomic mass is 35.5. The summed E-state index contributed by atoms with van der Waals surface area (Å²) in [5.74, 6) is -2.44. The van der Waals surface area contributed by atoms with E-state index < -0.39 is 17.5 Å². The van der Waals surface area contributed by atoms with Crippen molar-refractivity contribution in [3.63, 3.8) is 0 Å². The Morgan fingerprint density at radius 1 is 1.43 bits per heavy atom. The lowest BCUT2D eigenvalue weighted by atomic mass is 10.2. The van der Waals surface area contributed by atoms with Gasteiger partial charge in [-0.05, 0) is 6.07 Å². The summed E-state index contributed by atoms with van der Waals surface area (Å²) in [4.78, 5) is 12.0. The van der Waals surface area contributed by atoms with E-state index in [2.05, 4.69) is 20.9 Å². The van der Waals surface area contributed by atoms with Crippen LogP contribution in [0.15, 0.2) is 18.3 Å². The molecule has 1 aliphatic rings. The van der Waals surface area contributed by atoms with Crippen molar-refractivity contribution in [2.24, 2.45) is 0 Å². The normalized spacial score (nSPS) is 14.8. The minimum Gasteiger partial charge on any atom is -0.317 e. The van der Waals surface area contributed by atoms with Crippen molar-refractivity contribution in [3.8, 4) is 0 Å². The van der Waals surface area contributed by atoms with Gasteiger partial charge in [0.1, 0.15) is 5.82 Å². The molecule has 1 aromatic heterocycles. The predicted octanol–water partition coefficient (Wildman–Crippen LogP) is 1.61. The molecule has 0 radical (unpaired) electrons. The highest BCUT2D eigenvalue weighted by molar-refractivity contribution is 6.33. The maximum atomic E-state index is 13.6. The fraction of sp³-hybridized carbons (Fsp3) is 0.250. The molecule has 0 spiro atoms. The zero-order valence-electron chi connectivity index (χ0n) is 10.6. The Hall–Kier alpha value is -2.06. The molecule has 1 aromatic carbocycles. The molecule has 21 heavy (non-hydrogen) atoms. The lowest BCUT2D eigenvalue weighted by Gasteiger charge is -2.26. The van der Waals surface area contributed by atoms with Gasteiger partial charge < -0.3 is 10.6 Å². The molecule has 1 amide bonds. The second kappa shape index (κ2) is 5.38. The topological polar surface area (TPSA) is 71.8 Å². The second-order valence-corrected chi connectivity index (χ2v) is 5.00. The standard InChI is InChI=1S/C12H10ClF2N5O/c13-8-1-6(14)2-9(15)11(8)17-12(21)10-5-20(19-18-10)7-3-16-4-7/h1-2,5,7,16H,3-4H2,(H,17,21). The van der Waals surface area contributed by atoms with E-state index in [1.54, 1.807) is 4.68 Å². The van der Waals surface area contributed by atoms with Crippen molar-refractivity contribution in [1.29, 1.82) is 0 Å². The zero-order chi connectivity index (χ0) is 15.0. The number of benzene rings is 1. The summed E-state index contributed by atoms with van der Waals surface area (Å²) in [6.07, 6.45) is 1.47. The fourth-order valence-electron chi connectivity index (χ4n) is 1.86. The van der Waals surface area contributed by atoms with Crippen molar-refractivity contribution in [1.82, 2.24) is 20.3 Å². The summed E-state index contributed by atoms with van der Waals surface area (Å²) in [7, 11) is 0. The van der Waals surface area contributed by atoms with E-state index >= 15 is 0 Å². The summed E-state index contributed by atoms with van der Waals surface area (Å²) in [6, 6.07) is 1.71. The molecule has 1 fully saturated rings. The number of aromatic nitrogens is 3. The van der Waals surface area contributed by atoms with E-state index in [9.17, 15) is 13.6 Å². The van der Waals surface area contributed by atoms with E-state index in [1.807, 2.05) is 0 Å². The van der Waals surface area contributed by atoms with Crippen molar-refractivity contribution in [2.75, 3.05) is 18.4 Å². The first-order valence-electron chi connectivity index (χ1n) is 6.13. The van der Waals surface area contributed by atoms with Crippen LogP contribution in [0.25, 0.3) is 0 Å². The van der Waals surface area contributed by atoms with Crippen LogP contribution in [0.3, 0.4) is 0 Å². The maximum Gasteiger partial charge on any atom is 0.277 e. The Labute approximate surface area is 123 Å². The number of rotatable bonds is 3. The molecule has 1 saturated heterocycles. The van der Waals surface area contributed by atoms with Gasteiger partial charge in [0.25, 0.3) is 5.91 Å². The van der Waals surface area contributed by atoms with E-state index in [1.165, 1.54) is 6.20 Å². The summed E-state index contributed by atoms with van der Waals surface area (Å²) >= 11 is 5.71. The minimum absolute atomic E-state index is 0.0293. The van der Waals surface area contributed by atoms with Gasteiger partial charge in [0.15, 0.2) is 11.5 Å². The van der Waals surface area contributed by atoms with Gasteiger partial charge in [-0.3, -0.25) is 4.79 Å². The predicted molar refractivity (Wildman–Crippen MR) is 71.2 cm³/mol. The summed E-state index contributed by atoms with van der Waals surface area (Å²) in [5, 5.41) is 12.7. The molecule has 2 aromatic rings. The van der Waals surface area contributed by atoms with Crippen molar-refractivity contribution >= 4 is 23.2 Å². The smallest absolute Gasteiger partial charge is 0.277 e. The van der Waals surface area contributed by atoms with Gasteiger partial charge in [-0.25, -0.2) is 13.5 Å². The van der Waals surface area contributed by atoms with Crippen LogP contribution in [-0.4, -0.2) is 34.0 Å². The highest BCUT2D eigenvalue weighted by Gasteiger charge is 2.22. The largest absolute Gasteiger partial charge is 0.317 e. The van der Waals surface area contributed by atoms with E-state index in [0.717, 1.165) is 19.2 Å². The lowest BCUT2D eigenvalue weighted by Crippen LogP contribution is -2.43. The quantitative estimate of drug-likeness (QED) is 0.903. The summed E-state index contributed by atoms with van der Waals surface area (Å²) in [5.41, 5.74) is -0.260. The Kier molecular flexibility index (Phi) is 3.56. The van der Waals surface area contributed by atoms with Gasteiger partial charge in [-0.15, -0.1) is 5.10 Å². The number of nitrogens with one attached hydrogen (secondary N) is 2. The highest BCUT2D eigenvalue weighted by Crippen LogP contribution is 2.26. The van der Waals surface area contributed by atoms with Crippen LogP contribution in [-0.2, 0) is 0 Å². The number of amides is 1. The zero-order valence-corrected chi connectivity index (χ0v) is 11.4. The number of nitrogens with zero attached hydrogens (tertiary/aromatic N) is 3. The monoisotopic (exact) mass is 313 g/mol. The molecule has 2 heterocycles. The molecule has 9 heteroatoms. The second-order valence-electron chi connectivity index (χ2n) is 4.59.